The van der Waals surface area contributed by atoms with E-state index in [0.29, 0.717) is 13.1 Å². The molecule has 8 heteroatoms. The predicted molar refractivity (Wildman–Crippen MR) is 144 cm³/mol. The van der Waals surface area contributed by atoms with Crippen molar-refractivity contribution in [1.29, 1.82) is 0 Å². The van der Waals surface area contributed by atoms with E-state index in [-0.39, 0.29) is 17.7 Å². The van der Waals surface area contributed by atoms with Crippen molar-refractivity contribution >= 4 is 10.9 Å². The van der Waals surface area contributed by atoms with Gasteiger partial charge in [0.05, 0.1) is 18.7 Å². The van der Waals surface area contributed by atoms with Crippen LogP contribution < -0.4 is 5.56 Å². The minimum absolute atomic E-state index is 0.0335. The number of tetrazole rings is 1. The van der Waals surface area contributed by atoms with Gasteiger partial charge in [0.15, 0.2) is 5.82 Å². The second-order valence-corrected chi connectivity index (χ2v) is 10.2. The van der Waals surface area contributed by atoms with E-state index in [1.807, 2.05) is 22.9 Å². The van der Waals surface area contributed by atoms with Gasteiger partial charge in [-0.3, -0.25) is 9.69 Å². The second-order valence-electron chi connectivity index (χ2n) is 10.2. The Labute approximate surface area is 217 Å². The van der Waals surface area contributed by atoms with Crippen molar-refractivity contribution in [3.05, 3.63) is 87.0 Å². The fourth-order valence-electron chi connectivity index (χ4n) is 5.36. The molecule has 2 aromatic carbocycles. The third-order valence-corrected chi connectivity index (χ3v) is 7.31. The number of fused-ring (bicyclic) bond motifs is 1. The fraction of sp³-hybridized carbons (Fsp3) is 0.448. The lowest BCUT2D eigenvalue weighted by atomic mass is 10.1. The quantitative estimate of drug-likeness (QED) is 0.345. The number of ether oxygens (including phenoxy) is 1. The van der Waals surface area contributed by atoms with E-state index in [9.17, 15) is 4.79 Å². The molecule has 0 bridgehead atoms. The Morgan fingerprint density at radius 1 is 1.16 bits per heavy atom. The van der Waals surface area contributed by atoms with Crippen LogP contribution in [0.25, 0.3) is 10.9 Å². The van der Waals surface area contributed by atoms with Gasteiger partial charge in [0, 0.05) is 30.8 Å². The van der Waals surface area contributed by atoms with E-state index in [2.05, 4.69) is 76.5 Å². The average molecular weight is 501 g/mol. The molecule has 194 valence electrons. The number of hydrogen-bond acceptors (Lipinski definition) is 6. The molecule has 1 aliphatic heterocycles. The highest BCUT2D eigenvalue weighted by molar-refractivity contribution is 5.79. The Bertz CT molecular complexity index is 1410. The van der Waals surface area contributed by atoms with E-state index in [1.165, 1.54) is 16.7 Å². The highest BCUT2D eigenvalue weighted by Gasteiger charge is 2.27. The van der Waals surface area contributed by atoms with E-state index in [1.54, 1.807) is 0 Å². The van der Waals surface area contributed by atoms with Crippen LogP contribution in [0, 0.1) is 13.8 Å². The first-order chi connectivity index (χ1) is 18.0. The predicted octanol–water partition coefficient (Wildman–Crippen LogP) is 4.51. The molecule has 4 aromatic rings. The molecule has 2 atom stereocenters. The molecular formula is C29H36N6O2. The maximum atomic E-state index is 13.1. The smallest absolute Gasteiger partial charge is 0.252 e. The van der Waals surface area contributed by atoms with Gasteiger partial charge in [0.2, 0.25) is 0 Å². The summed E-state index contributed by atoms with van der Waals surface area (Å²) in [6.45, 7) is 9.08. The highest BCUT2D eigenvalue weighted by atomic mass is 16.5. The van der Waals surface area contributed by atoms with Gasteiger partial charge in [-0.1, -0.05) is 48.4 Å². The first-order valence-electron chi connectivity index (χ1n) is 13.3. The van der Waals surface area contributed by atoms with Gasteiger partial charge in [0.1, 0.15) is 0 Å². The van der Waals surface area contributed by atoms with Gasteiger partial charge < -0.3 is 9.72 Å². The normalized spacial score (nSPS) is 16.6. The van der Waals surface area contributed by atoms with E-state index in [4.69, 9.17) is 4.74 Å². The topological polar surface area (TPSA) is 88.9 Å². The zero-order chi connectivity index (χ0) is 25.8. The lowest BCUT2D eigenvalue weighted by molar-refractivity contribution is 0.0893. The van der Waals surface area contributed by atoms with Crippen molar-refractivity contribution < 1.29 is 4.74 Å². The zero-order valence-electron chi connectivity index (χ0n) is 22.0. The van der Waals surface area contributed by atoms with Crippen LogP contribution in [-0.4, -0.2) is 49.3 Å². The van der Waals surface area contributed by atoms with Crippen molar-refractivity contribution in [2.24, 2.45) is 0 Å². The number of aromatic nitrogens is 5. The Kier molecular flexibility index (Phi) is 7.76. The first kappa shape index (κ1) is 25.3. The summed E-state index contributed by atoms with van der Waals surface area (Å²) in [6, 6.07) is 16.7. The van der Waals surface area contributed by atoms with E-state index < -0.39 is 0 Å². The molecule has 1 fully saturated rings. The largest absolute Gasteiger partial charge is 0.376 e. The van der Waals surface area contributed by atoms with E-state index >= 15 is 0 Å². The van der Waals surface area contributed by atoms with Crippen LogP contribution >= 0.6 is 0 Å². The minimum Gasteiger partial charge on any atom is -0.376 e. The Balaban J connectivity index is 1.46. The lowest BCUT2D eigenvalue weighted by Crippen LogP contribution is -2.34. The van der Waals surface area contributed by atoms with E-state index in [0.717, 1.165) is 61.1 Å². The summed E-state index contributed by atoms with van der Waals surface area (Å²) in [6.07, 6.45) is 3.94. The number of aromatic amines is 1. The summed E-state index contributed by atoms with van der Waals surface area (Å²) in [5.41, 5.74) is 5.25. The van der Waals surface area contributed by atoms with Crippen LogP contribution in [0.3, 0.4) is 0 Å². The van der Waals surface area contributed by atoms with Crippen molar-refractivity contribution in [2.45, 2.75) is 71.7 Å². The first-order valence-corrected chi connectivity index (χ1v) is 13.3. The maximum Gasteiger partial charge on any atom is 0.252 e. The molecule has 37 heavy (non-hydrogen) atoms. The van der Waals surface area contributed by atoms with Crippen molar-refractivity contribution in [3.8, 4) is 0 Å². The molecule has 0 spiro atoms. The summed E-state index contributed by atoms with van der Waals surface area (Å²) >= 11 is 0. The van der Waals surface area contributed by atoms with Crippen LogP contribution in [0.15, 0.2) is 53.3 Å². The number of pyridine rings is 1. The number of hydrogen-bond donors (Lipinski definition) is 1. The minimum atomic E-state index is -0.0503. The third-order valence-electron chi connectivity index (χ3n) is 7.31. The van der Waals surface area contributed by atoms with Gasteiger partial charge in [-0.05, 0) is 79.1 Å². The molecule has 5 rings (SSSR count). The zero-order valence-corrected chi connectivity index (χ0v) is 22.0. The molecule has 0 unspecified atom stereocenters. The standard InChI is InChI=1S/C29H36N6O2/c1-4-27(28-31-32-33-35(28)19-25-9-6-14-37-25)34(13-12-22-8-5-7-20(2)15-22)18-24-17-23-16-21(3)10-11-26(23)30-29(24)36/h5,7-8,10-11,15-17,25,27H,4,6,9,12-14,18-19H2,1-3H3,(H,30,36)/t25-,27-/m1/s1. The monoisotopic (exact) mass is 500 g/mol. The van der Waals surface area contributed by atoms with Gasteiger partial charge in [-0.15, -0.1) is 5.10 Å². The van der Waals surface area contributed by atoms with Crippen LogP contribution in [0.4, 0.5) is 0 Å². The molecule has 1 N–H and O–H groups in total. The SMILES string of the molecule is CC[C@H](c1nnnn1C[C@H]1CCCO1)N(CCc1cccc(C)c1)Cc1cc2cc(C)ccc2[nH]c1=O. The fourth-order valence-corrected chi connectivity index (χ4v) is 5.36. The summed E-state index contributed by atoms with van der Waals surface area (Å²) < 4.78 is 7.76. The molecular weight excluding hydrogens is 464 g/mol. The van der Waals surface area contributed by atoms with Crippen LogP contribution in [0.1, 0.15) is 60.3 Å². The van der Waals surface area contributed by atoms with Gasteiger partial charge >= 0.3 is 0 Å². The summed E-state index contributed by atoms with van der Waals surface area (Å²) in [5, 5.41) is 13.9. The number of aryl methyl sites for hydroxylation is 2. The number of benzene rings is 2. The Morgan fingerprint density at radius 2 is 2.03 bits per heavy atom. The number of nitrogens with one attached hydrogen (secondary N) is 1. The second kappa shape index (κ2) is 11.4. The van der Waals surface area contributed by atoms with Crippen molar-refractivity contribution in [2.75, 3.05) is 13.2 Å². The molecule has 8 nitrogen and oxygen atoms in total. The third kappa shape index (κ3) is 5.97. The highest BCUT2D eigenvalue weighted by Crippen LogP contribution is 2.26. The van der Waals surface area contributed by atoms with Crippen molar-refractivity contribution in [1.82, 2.24) is 30.1 Å². The number of rotatable bonds is 10. The summed E-state index contributed by atoms with van der Waals surface area (Å²) in [5.74, 6) is 0.829. The molecule has 2 aromatic heterocycles. The molecule has 1 saturated heterocycles. The Morgan fingerprint density at radius 3 is 2.81 bits per heavy atom. The summed E-state index contributed by atoms with van der Waals surface area (Å²) in [7, 11) is 0. The number of nitrogens with zero attached hydrogens (tertiary/aromatic N) is 5. The van der Waals surface area contributed by atoms with Crippen LogP contribution in [-0.2, 0) is 24.2 Å². The van der Waals surface area contributed by atoms with Crippen molar-refractivity contribution in [3.63, 3.8) is 0 Å². The maximum absolute atomic E-state index is 13.1. The lowest BCUT2D eigenvalue weighted by Gasteiger charge is -2.30. The molecule has 0 aliphatic carbocycles. The summed E-state index contributed by atoms with van der Waals surface area (Å²) in [4.78, 5) is 18.6. The Hall–Kier alpha value is -3.36. The van der Waals surface area contributed by atoms with Gasteiger partial charge in [0.25, 0.3) is 5.56 Å². The van der Waals surface area contributed by atoms with Crippen LogP contribution in [0.2, 0.25) is 0 Å². The molecule has 0 saturated carbocycles. The molecule has 1 aliphatic rings. The molecule has 0 radical (unpaired) electrons. The van der Waals surface area contributed by atoms with Gasteiger partial charge in [-0.25, -0.2) is 4.68 Å². The molecule has 0 amide bonds. The average Bonchev–Trinajstić information content (AvgIpc) is 3.56. The van der Waals surface area contributed by atoms with Gasteiger partial charge in [-0.2, -0.15) is 0 Å². The molecule has 3 heterocycles. The number of H-pyrrole nitrogens is 1. The van der Waals surface area contributed by atoms with Crippen LogP contribution in [0.5, 0.6) is 0 Å².